The van der Waals surface area contributed by atoms with E-state index in [1.54, 1.807) is 0 Å². The molecule has 3 rings (SSSR count). The highest BCUT2D eigenvalue weighted by Crippen LogP contribution is 2.27. The van der Waals surface area contributed by atoms with Gasteiger partial charge in [0.25, 0.3) is 0 Å². The molecule has 0 unspecified atom stereocenters. The molecule has 0 N–H and O–H groups in total. The average molecular weight is 273 g/mol. The van der Waals surface area contributed by atoms with E-state index < -0.39 is 0 Å². The summed E-state index contributed by atoms with van der Waals surface area (Å²) in [6, 6.07) is 4.01. The SMILES string of the molecule is CC(C)(C)n1c(CC2CCOCC2)nc2cccnc21. The van der Waals surface area contributed by atoms with E-state index in [1.807, 2.05) is 12.3 Å². The van der Waals surface area contributed by atoms with Crippen LogP contribution in [0.3, 0.4) is 0 Å². The molecule has 0 radical (unpaired) electrons. The Morgan fingerprint density at radius 1 is 1.30 bits per heavy atom. The minimum atomic E-state index is 0.00357. The molecule has 4 heteroatoms. The van der Waals surface area contributed by atoms with Crippen LogP contribution in [-0.2, 0) is 16.7 Å². The Balaban J connectivity index is 2.00. The number of nitrogens with zero attached hydrogens (tertiary/aromatic N) is 3. The molecular formula is C16H23N3O. The molecule has 0 aromatic carbocycles. The molecule has 4 nitrogen and oxygen atoms in total. The molecule has 1 aliphatic rings. The van der Waals surface area contributed by atoms with Gasteiger partial charge in [-0.1, -0.05) is 0 Å². The largest absolute Gasteiger partial charge is 0.381 e. The zero-order valence-corrected chi connectivity index (χ0v) is 12.6. The molecule has 3 heterocycles. The standard InChI is InChI=1S/C16H23N3O/c1-16(2,3)19-14(11-12-6-9-20-10-7-12)18-13-5-4-8-17-15(13)19/h4-5,8,12H,6-7,9-11H2,1-3H3. The molecule has 20 heavy (non-hydrogen) atoms. The Bertz CT molecular complexity index is 591. The Morgan fingerprint density at radius 3 is 2.75 bits per heavy atom. The first kappa shape index (κ1) is 13.6. The molecule has 0 atom stereocenters. The van der Waals surface area contributed by atoms with Gasteiger partial charge in [0, 0.05) is 31.4 Å². The van der Waals surface area contributed by atoms with Crippen LogP contribution in [0.4, 0.5) is 0 Å². The van der Waals surface area contributed by atoms with Gasteiger partial charge in [0.15, 0.2) is 5.65 Å². The van der Waals surface area contributed by atoms with Gasteiger partial charge in [-0.25, -0.2) is 9.97 Å². The minimum absolute atomic E-state index is 0.00357. The first-order chi connectivity index (χ1) is 9.55. The Morgan fingerprint density at radius 2 is 2.05 bits per heavy atom. The first-order valence-electron chi connectivity index (χ1n) is 7.46. The fourth-order valence-electron chi connectivity index (χ4n) is 3.01. The summed E-state index contributed by atoms with van der Waals surface area (Å²) >= 11 is 0. The molecule has 0 bridgehead atoms. The maximum absolute atomic E-state index is 5.45. The zero-order chi connectivity index (χ0) is 14.2. The lowest BCUT2D eigenvalue weighted by Crippen LogP contribution is -2.27. The molecule has 2 aromatic rings. The van der Waals surface area contributed by atoms with E-state index >= 15 is 0 Å². The van der Waals surface area contributed by atoms with Crippen LogP contribution in [0.25, 0.3) is 11.2 Å². The van der Waals surface area contributed by atoms with Crippen molar-refractivity contribution in [2.45, 2.75) is 45.6 Å². The summed E-state index contributed by atoms with van der Waals surface area (Å²) in [6.45, 7) is 8.43. The van der Waals surface area contributed by atoms with Crippen molar-refractivity contribution in [1.82, 2.24) is 14.5 Å². The van der Waals surface area contributed by atoms with Crippen LogP contribution in [-0.4, -0.2) is 27.7 Å². The van der Waals surface area contributed by atoms with E-state index in [-0.39, 0.29) is 5.54 Å². The second-order valence-electron chi connectivity index (χ2n) is 6.64. The lowest BCUT2D eigenvalue weighted by atomic mass is 9.95. The minimum Gasteiger partial charge on any atom is -0.381 e. The van der Waals surface area contributed by atoms with Crippen LogP contribution in [0.2, 0.25) is 0 Å². The molecular weight excluding hydrogens is 250 g/mol. The predicted molar refractivity (Wildman–Crippen MR) is 79.8 cm³/mol. The second-order valence-corrected chi connectivity index (χ2v) is 6.64. The molecule has 0 spiro atoms. The highest BCUT2D eigenvalue weighted by Gasteiger charge is 2.24. The number of aromatic nitrogens is 3. The summed E-state index contributed by atoms with van der Waals surface area (Å²) in [5.41, 5.74) is 2.01. The number of ether oxygens (including phenoxy) is 1. The Labute approximate surface area is 120 Å². The van der Waals surface area contributed by atoms with Crippen LogP contribution in [0.5, 0.6) is 0 Å². The van der Waals surface area contributed by atoms with E-state index in [4.69, 9.17) is 9.72 Å². The lowest BCUT2D eigenvalue weighted by molar-refractivity contribution is 0.0655. The third-order valence-electron chi connectivity index (χ3n) is 3.97. The van der Waals surface area contributed by atoms with E-state index in [9.17, 15) is 0 Å². The van der Waals surface area contributed by atoms with Crippen LogP contribution in [0, 0.1) is 5.92 Å². The van der Waals surface area contributed by atoms with Crippen molar-refractivity contribution in [3.05, 3.63) is 24.2 Å². The predicted octanol–water partition coefficient (Wildman–Crippen LogP) is 3.16. The van der Waals surface area contributed by atoms with E-state index in [1.165, 1.54) is 0 Å². The number of rotatable bonds is 2. The third-order valence-corrected chi connectivity index (χ3v) is 3.97. The van der Waals surface area contributed by atoms with Crippen molar-refractivity contribution < 1.29 is 4.74 Å². The van der Waals surface area contributed by atoms with E-state index in [0.717, 1.165) is 49.5 Å². The highest BCUT2D eigenvalue weighted by atomic mass is 16.5. The number of hydrogen-bond acceptors (Lipinski definition) is 3. The molecule has 0 saturated carbocycles. The topological polar surface area (TPSA) is 39.9 Å². The zero-order valence-electron chi connectivity index (χ0n) is 12.6. The molecule has 2 aromatic heterocycles. The fourth-order valence-corrected chi connectivity index (χ4v) is 3.01. The van der Waals surface area contributed by atoms with Gasteiger partial charge in [0.2, 0.25) is 0 Å². The van der Waals surface area contributed by atoms with Crippen LogP contribution < -0.4 is 0 Å². The van der Waals surface area contributed by atoms with Crippen molar-refractivity contribution in [3.8, 4) is 0 Å². The van der Waals surface area contributed by atoms with Gasteiger partial charge < -0.3 is 9.30 Å². The fraction of sp³-hybridized carbons (Fsp3) is 0.625. The quantitative estimate of drug-likeness (QED) is 0.844. The van der Waals surface area contributed by atoms with Crippen molar-refractivity contribution in [2.24, 2.45) is 5.92 Å². The van der Waals surface area contributed by atoms with Crippen LogP contribution in [0.15, 0.2) is 18.3 Å². The van der Waals surface area contributed by atoms with Crippen LogP contribution in [0.1, 0.15) is 39.4 Å². The summed E-state index contributed by atoms with van der Waals surface area (Å²) in [7, 11) is 0. The summed E-state index contributed by atoms with van der Waals surface area (Å²) < 4.78 is 7.76. The number of fused-ring (bicyclic) bond motifs is 1. The molecule has 108 valence electrons. The second kappa shape index (κ2) is 5.17. The van der Waals surface area contributed by atoms with Crippen LogP contribution >= 0.6 is 0 Å². The highest BCUT2D eigenvalue weighted by molar-refractivity contribution is 5.71. The van der Waals surface area contributed by atoms with Crippen molar-refractivity contribution in [3.63, 3.8) is 0 Å². The van der Waals surface area contributed by atoms with E-state index in [2.05, 4.69) is 36.4 Å². The van der Waals surface area contributed by atoms with Crippen molar-refractivity contribution >= 4 is 11.2 Å². The average Bonchev–Trinajstić information content (AvgIpc) is 2.77. The maximum atomic E-state index is 5.45. The number of pyridine rings is 1. The molecule has 1 fully saturated rings. The summed E-state index contributed by atoms with van der Waals surface area (Å²) in [4.78, 5) is 9.37. The van der Waals surface area contributed by atoms with E-state index in [0.29, 0.717) is 5.92 Å². The van der Waals surface area contributed by atoms with Crippen molar-refractivity contribution in [1.29, 1.82) is 0 Å². The first-order valence-corrected chi connectivity index (χ1v) is 7.46. The van der Waals surface area contributed by atoms with Gasteiger partial charge in [-0.3, -0.25) is 0 Å². The van der Waals surface area contributed by atoms with Gasteiger partial charge in [-0.15, -0.1) is 0 Å². The Hall–Kier alpha value is -1.42. The van der Waals surface area contributed by atoms with Gasteiger partial charge >= 0.3 is 0 Å². The monoisotopic (exact) mass is 273 g/mol. The van der Waals surface area contributed by atoms with Gasteiger partial charge in [-0.05, 0) is 51.7 Å². The lowest BCUT2D eigenvalue weighted by Gasteiger charge is -2.27. The Kier molecular flexibility index (Phi) is 3.50. The molecule has 1 aliphatic heterocycles. The normalized spacial score (nSPS) is 17.8. The summed E-state index contributed by atoms with van der Waals surface area (Å²) in [5, 5.41) is 0. The van der Waals surface area contributed by atoms with Crippen molar-refractivity contribution in [2.75, 3.05) is 13.2 Å². The molecule has 0 aliphatic carbocycles. The maximum Gasteiger partial charge on any atom is 0.160 e. The van der Waals surface area contributed by atoms with Gasteiger partial charge in [0.1, 0.15) is 11.3 Å². The van der Waals surface area contributed by atoms with Gasteiger partial charge in [-0.2, -0.15) is 0 Å². The summed E-state index contributed by atoms with van der Waals surface area (Å²) in [5.74, 6) is 1.85. The molecule has 0 amide bonds. The molecule has 1 saturated heterocycles. The smallest absolute Gasteiger partial charge is 0.160 e. The van der Waals surface area contributed by atoms with Gasteiger partial charge in [0.05, 0.1) is 0 Å². The third kappa shape index (κ3) is 2.57. The number of imidazole rings is 1. The summed E-state index contributed by atoms with van der Waals surface area (Å²) in [6.07, 6.45) is 5.16. The number of hydrogen-bond donors (Lipinski definition) is 0.